The Kier molecular flexibility index (Phi) is 3.63. The molecular weight excluding hydrogens is 300 g/mol. The Balaban J connectivity index is 1.60. The maximum absolute atomic E-state index is 12.1. The number of nitrogens with zero attached hydrogens (tertiary/aromatic N) is 1. The van der Waals surface area contributed by atoms with Crippen LogP contribution < -0.4 is 5.32 Å². The topological polar surface area (TPSA) is 92.8 Å². The van der Waals surface area contributed by atoms with Crippen LogP contribution in [0, 0.1) is 0 Å². The number of rotatable bonds is 4. The van der Waals surface area contributed by atoms with Gasteiger partial charge in [0, 0.05) is 12.0 Å². The number of amides is 3. The molecule has 0 spiro atoms. The summed E-state index contributed by atoms with van der Waals surface area (Å²) in [5.74, 6) is -2.00. The van der Waals surface area contributed by atoms with Gasteiger partial charge in [0.25, 0.3) is 11.8 Å². The summed E-state index contributed by atoms with van der Waals surface area (Å²) in [6.07, 6.45) is 1.47. The Morgan fingerprint density at radius 2 is 1.83 bits per heavy atom. The molecule has 2 aliphatic heterocycles. The van der Waals surface area contributed by atoms with Crippen molar-refractivity contribution in [1.82, 2.24) is 10.4 Å². The fourth-order valence-electron chi connectivity index (χ4n) is 2.81. The molecule has 2 aliphatic rings. The van der Waals surface area contributed by atoms with E-state index in [0.717, 1.165) is 0 Å². The van der Waals surface area contributed by atoms with E-state index in [4.69, 9.17) is 4.84 Å². The van der Waals surface area contributed by atoms with Gasteiger partial charge in [-0.25, -0.2) is 4.79 Å². The molecule has 1 N–H and O–H groups in total. The van der Waals surface area contributed by atoms with E-state index in [9.17, 15) is 19.2 Å². The Hall–Kier alpha value is -2.70. The maximum Gasteiger partial charge on any atom is 0.333 e. The van der Waals surface area contributed by atoms with Crippen molar-refractivity contribution in [2.24, 2.45) is 0 Å². The third kappa shape index (κ3) is 2.81. The number of carbonyl (C=O) groups is 4. The molecule has 1 unspecified atom stereocenters. The number of imide groups is 1. The molecule has 23 heavy (non-hydrogen) atoms. The molecule has 1 saturated heterocycles. The molecule has 0 saturated carbocycles. The van der Waals surface area contributed by atoms with Gasteiger partial charge in [0.2, 0.25) is 5.91 Å². The van der Waals surface area contributed by atoms with Crippen molar-refractivity contribution in [3.8, 4) is 0 Å². The van der Waals surface area contributed by atoms with Gasteiger partial charge >= 0.3 is 5.97 Å². The summed E-state index contributed by atoms with van der Waals surface area (Å²) in [7, 11) is 0. The lowest BCUT2D eigenvalue weighted by molar-refractivity contribution is -0.169. The van der Waals surface area contributed by atoms with E-state index in [2.05, 4.69) is 5.32 Å². The summed E-state index contributed by atoms with van der Waals surface area (Å²) in [4.78, 5) is 52.3. The van der Waals surface area contributed by atoms with E-state index in [1.54, 1.807) is 12.1 Å². The van der Waals surface area contributed by atoms with Crippen molar-refractivity contribution in [1.29, 1.82) is 0 Å². The Morgan fingerprint density at radius 1 is 1.22 bits per heavy atom. The molecule has 3 rings (SSSR count). The van der Waals surface area contributed by atoms with Crippen LogP contribution in [0.25, 0.3) is 0 Å². The SMILES string of the molecule is CC1(CCC(=O)ON2C(=O)c3ccccc3C2=O)CCC(=O)N1. The quantitative estimate of drug-likeness (QED) is 0.842. The van der Waals surface area contributed by atoms with Crippen LogP contribution in [-0.2, 0) is 14.4 Å². The molecule has 0 aliphatic carbocycles. The lowest BCUT2D eigenvalue weighted by Gasteiger charge is -2.23. The standard InChI is InChI=1S/C16H16N2O5/c1-16(8-6-12(19)17-16)9-7-13(20)23-18-14(21)10-4-2-3-5-11(10)15(18)22/h2-5H,6-9H2,1H3,(H,17,19). The van der Waals surface area contributed by atoms with Gasteiger partial charge in [0.1, 0.15) is 0 Å². The normalized spacial score (nSPS) is 23.0. The third-order valence-corrected chi connectivity index (χ3v) is 4.18. The fourth-order valence-corrected chi connectivity index (χ4v) is 2.81. The van der Waals surface area contributed by atoms with E-state index in [1.165, 1.54) is 12.1 Å². The van der Waals surface area contributed by atoms with Crippen LogP contribution in [0.3, 0.4) is 0 Å². The molecule has 1 atom stereocenters. The van der Waals surface area contributed by atoms with E-state index in [0.29, 0.717) is 24.3 Å². The average Bonchev–Trinajstić information content (AvgIpc) is 2.99. The number of hydroxylamine groups is 2. The van der Waals surface area contributed by atoms with Gasteiger partial charge in [-0.2, -0.15) is 0 Å². The van der Waals surface area contributed by atoms with E-state index in [-0.39, 0.29) is 23.5 Å². The molecule has 120 valence electrons. The summed E-state index contributed by atoms with van der Waals surface area (Å²) in [5.41, 5.74) is -0.00130. The van der Waals surface area contributed by atoms with Crippen molar-refractivity contribution < 1.29 is 24.0 Å². The molecule has 7 heteroatoms. The van der Waals surface area contributed by atoms with Crippen molar-refractivity contribution >= 4 is 23.7 Å². The first-order valence-corrected chi connectivity index (χ1v) is 7.39. The highest BCUT2D eigenvalue weighted by molar-refractivity contribution is 6.20. The number of nitrogens with one attached hydrogen (secondary N) is 1. The van der Waals surface area contributed by atoms with Gasteiger partial charge in [-0.3, -0.25) is 14.4 Å². The lowest BCUT2D eigenvalue weighted by Crippen LogP contribution is -2.39. The molecule has 3 amide bonds. The highest BCUT2D eigenvalue weighted by atomic mass is 16.7. The van der Waals surface area contributed by atoms with E-state index in [1.807, 2.05) is 6.92 Å². The molecular formula is C16H16N2O5. The Bertz CT molecular complexity index is 679. The van der Waals surface area contributed by atoms with Gasteiger partial charge in [-0.1, -0.05) is 17.2 Å². The minimum atomic E-state index is -0.679. The largest absolute Gasteiger partial charge is 0.351 e. The van der Waals surface area contributed by atoms with Gasteiger partial charge in [0.05, 0.1) is 17.5 Å². The van der Waals surface area contributed by atoms with Crippen LogP contribution in [0.2, 0.25) is 0 Å². The summed E-state index contributed by atoms with van der Waals surface area (Å²) in [5, 5.41) is 3.32. The van der Waals surface area contributed by atoms with Crippen LogP contribution in [-0.4, -0.2) is 34.3 Å². The number of hydrogen-bond donors (Lipinski definition) is 1. The summed E-state index contributed by atoms with van der Waals surface area (Å²) < 4.78 is 0. The van der Waals surface area contributed by atoms with Crippen molar-refractivity contribution in [2.45, 2.75) is 38.1 Å². The average molecular weight is 316 g/mol. The summed E-state index contributed by atoms with van der Waals surface area (Å²) in [6, 6.07) is 6.30. The smallest absolute Gasteiger partial charge is 0.333 e. The molecule has 1 aromatic rings. The van der Waals surface area contributed by atoms with Gasteiger partial charge in [0.15, 0.2) is 0 Å². The van der Waals surface area contributed by atoms with Gasteiger partial charge < -0.3 is 10.2 Å². The highest BCUT2D eigenvalue weighted by Gasteiger charge is 2.39. The Labute approximate surface area is 132 Å². The molecule has 0 aromatic heterocycles. The number of benzene rings is 1. The predicted molar refractivity (Wildman–Crippen MR) is 78.0 cm³/mol. The maximum atomic E-state index is 12.1. The van der Waals surface area contributed by atoms with Gasteiger partial charge in [-0.05, 0) is 31.9 Å². The number of hydrogen-bond acceptors (Lipinski definition) is 5. The third-order valence-electron chi connectivity index (χ3n) is 4.18. The zero-order valence-corrected chi connectivity index (χ0v) is 12.6. The lowest BCUT2D eigenvalue weighted by atomic mass is 9.94. The second-order valence-corrected chi connectivity index (χ2v) is 6.02. The summed E-state index contributed by atoms with van der Waals surface area (Å²) in [6.45, 7) is 1.85. The first kappa shape index (κ1) is 15.2. The highest BCUT2D eigenvalue weighted by Crippen LogP contribution is 2.26. The van der Waals surface area contributed by atoms with Crippen molar-refractivity contribution in [3.63, 3.8) is 0 Å². The first-order valence-electron chi connectivity index (χ1n) is 7.39. The second kappa shape index (κ2) is 5.49. The van der Waals surface area contributed by atoms with Crippen LogP contribution in [0.4, 0.5) is 0 Å². The second-order valence-electron chi connectivity index (χ2n) is 6.02. The molecule has 1 fully saturated rings. The molecule has 7 nitrogen and oxygen atoms in total. The molecule has 2 heterocycles. The predicted octanol–water partition coefficient (Wildman–Crippen LogP) is 1.19. The van der Waals surface area contributed by atoms with Crippen molar-refractivity contribution in [3.05, 3.63) is 35.4 Å². The first-order chi connectivity index (χ1) is 10.9. The molecule has 0 bridgehead atoms. The monoisotopic (exact) mass is 316 g/mol. The number of carbonyl (C=O) groups excluding carboxylic acids is 4. The van der Waals surface area contributed by atoms with Crippen LogP contribution in [0.15, 0.2) is 24.3 Å². The van der Waals surface area contributed by atoms with E-state index < -0.39 is 23.3 Å². The van der Waals surface area contributed by atoms with Crippen LogP contribution in [0.5, 0.6) is 0 Å². The fraction of sp³-hybridized carbons (Fsp3) is 0.375. The minimum Gasteiger partial charge on any atom is -0.351 e. The van der Waals surface area contributed by atoms with E-state index >= 15 is 0 Å². The minimum absolute atomic E-state index is 0.00415. The van der Waals surface area contributed by atoms with Crippen LogP contribution in [0.1, 0.15) is 53.3 Å². The molecule has 0 radical (unpaired) electrons. The zero-order valence-electron chi connectivity index (χ0n) is 12.6. The zero-order chi connectivity index (χ0) is 16.6. The Morgan fingerprint density at radius 3 is 2.35 bits per heavy atom. The number of fused-ring (bicyclic) bond motifs is 1. The molecule has 1 aromatic carbocycles. The van der Waals surface area contributed by atoms with Crippen molar-refractivity contribution in [2.75, 3.05) is 0 Å². The van der Waals surface area contributed by atoms with Gasteiger partial charge in [-0.15, -0.1) is 0 Å². The summed E-state index contributed by atoms with van der Waals surface area (Å²) >= 11 is 0. The van der Waals surface area contributed by atoms with Crippen LogP contribution >= 0.6 is 0 Å².